The summed E-state index contributed by atoms with van der Waals surface area (Å²) in [5.41, 5.74) is 3.48. The average Bonchev–Trinajstić information content (AvgIpc) is 2.99. The zero-order valence-corrected chi connectivity index (χ0v) is 11.2. The van der Waals surface area contributed by atoms with Gasteiger partial charge in [-0.05, 0) is 37.4 Å². The van der Waals surface area contributed by atoms with Gasteiger partial charge in [0.15, 0.2) is 0 Å². The predicted octanol–water partition coefficient (Wildman–Crippen LogP) is 4.22. The van der Waals surface area contributed by atoms with E-state index in [-0.39, 0.29) is 0 Å². The van der Waals surface area contributed by atoms with Gasteiger partial charge in [0, 0.05) is 11.9 Å². The second-order valence-corrected chi connectivity index (χ2v) is 5.30. The van der Waals surface area contributed by atoms with Crippen molar-refractivity contribution < 1.29 is 0 Å². The maximum Gasteiger partial charge on any atom is 0.110 e. The number of imidazole rings is 1. The van der Waals surface area contributed by atoms with E-state index in [1.807, 2.05) is 6.92 Å². The van der Waals surface area contributed by atoms with E-state index in [0.717, 1.165) is 17.2 Å². The van der Waals surface area contributed by atoms with Crippen molar-refractivity contribution in [3.8, 4) is 16.3 Å². The molecule has 3 rings (SSSR count). The normalized spacial score (nSPS) is 10.8. The summed E-state index contributed by atoms with van der Waals surface area (Å²) < 4.78 is 2.13. The Labute approximate surface area is 111 Å². The fraction of sp³-hybridized carbons (Fsp3) is 0.133. The smallest absolute Gasteiger partial charge is 0.110 e. The molecule has 0 unspecified atom stereocenters. The predicted molar refractivity (Wildman–Crippen MR) is 76.4 cm³/mol. The lowest BCUT2D eigenvalue weighted by atomic mass is 10.2. The van der Waals surface area contributed by atoms with Gasteiger partial charge in [-0.25, -0.2) is 4.98 Å². The van der Waals surface area contributed by atoms with Crippen LogP contribution in [0.4, 0.5) is 0 Å². The van der Waals surface area contributed by atoms with Crippen LogP contribution in [0.5, 0.6) is 0 Å². The molecule has 0 saturated heterocycles. The topological polar surface area (TPSA) is 17.8 Å². The third-order valence-electron chi connectivity index (χ3n) is 2.97. The van der Waals surface area contributed by atoms with Crippen molar-refractivity contribution in [2.45, 2.75) is 13.8 Å². The van der Waals surface area contributed by atoms with Crippen LogP contribution < -0.4 is 0 Å². The molecular weight excluding hydrogens is 240 g/mol. The van der Waals surface area contributed by atoms with Crippen LogP contribution in [-0.4, -0.2) is 9.55 Å². The van der Waals surface area contributed by atoms with Crippen molar-refractivity contribution in [2.75, 3.05) is 0 Å². The molecule has 0 saturated carbocycles. The highest BCUT2D eigenvalue weighted by atomic mass is 32.1. The third kappa shape index (κ3) is 1.97. The summed E-state index contributed by atoms with van der Waals surface area (Å²) in [6.07, 6.45) is 2.10. The molecule has 0 aliphatic carbocycles. The van der Waals surface area contributed by atoms with E-state index in [9.17, 15) is 0 Å². The minimum absolute atomic E-state index is 1.02. The number of benzene rings is 1. The van der Waals surface area contributed by atoms with Crippen LogP contribution in [0.2, 0.25) is 0 Å². The van der Waals surface area contributed by atoms with Gasteiger partial charge in [-0.2, -0.15) is 0 Å². The van der Waals surface area contributed by atoms with Crippen molar-refractivity contribution in [1.82, 2.24) is 9.55 Å². The maximum absolute atomic E-state index is 4.63. The Morgan fingerprint density at radius 3 is 2.50 bits per heavy atom. The van der Waals surface area contributed by atoms with Gasteiger partial charge < -0.3 is 4.57 Å². The van der Waals surface area contributed by atoms with Gasteiger partial charge >= 0.3 is 0 Å². The zero-order valence-electron chi connectivity index (χ0n) is 10.4. The molecule has 18 heavy (non-hydrogen) atoms. The molecule has 0 spiro atoms. The van der Waals surface area contributed by atoms with Crippen molar-refractivity contribution in [1.29, 1.82) is 0 Å². The van der Waals surface area contributed by atoms with Crippen LogP contribution in [0.15, 0.2) is 48.0 Å². The summed E-state index contributed by atoms with van der Waals surface area (Å²) in [7, 11) is 0. The minimum atomic E-state index is 1.02. The number of nitrogens with zero attached hydrogens (tertiary/aromatic N) is 2. The SMILES string of the molecule is Cc1ccc(-n2cc(-c3cccs3)nc2C)cc1. The molecule has 0 aliphatic rings. The molecule has 3 heteroatoms. The second-order valence-electron chi connectivity index (χ2n) is 4.36. The lowest BCUT2D eigenvalue weighted by Crippen LogP contribution is -1.94. The van der Waals surface area contributed by atoms with Crippen LogP contribution >= 0.6 is 11.3 Å². The van der Waals surface area contributed by atoms with Gasteiger partial charge in [0.1, 0.15) is 5.82 Å². The summed E-state index contributed by atoms with van der Waals surface area (Å²) >= 11 is 1.72. The van der Waals surface area contributed by atoms with Gasteiger partial charge in [0.2, 0.25) is 0 Å². The first-order chi connectivity index (χ1) is 8.74. The van der Waals surface area contributed by atoms with E-state index >= 15 is 0 Å². The van der Waals surface area contributed by atoms with E-state index in [0.29, 0.717) is 0 Å². The van der Waals surface area contributed by atoms with Crippen molar-refractivity contribution in [2.24, 2.45) is 0 Å². The minimum Gasteiger partial charge on any atom is -0.303 e. The highest BCUT2D eigenvalue weighted by Crippen LogP contribution is 2.25. The molecule has 1 aromatic carbocycles. The van der Waals surface area contributed by atoms with E-state index < -0.39 is 0 Å². The monoisotopic (exact) mass is 254 g/mol. The number of hydrogen-bond donors (Lipinski definition) is 0. The van der Waals surface area contributed by atoms with Crippen LogP contribution in [0.1, 0.15) is 11.4 Å². The molecule has 2 heterocycles. The van der Waals surface area contributed by atoms with E-state index in [4.69, 9.17) is 0 Å². The average molecular weight is 254 g/mol. The van der Waals surface area contributed by atoms with Crippen molar-refractivity contribution in [3.05, 3.63) is 59.4 Å². The van der Waals surface area contributed by atoms with Crippen LogP contribution in [0, 0.1) is 13.8 Å². The van der Waals surface area contributed by atoms with Crippen LogP contribution in [0.3, 0.4) is 0 Å². The Bertz CT molecular complexity index is 648. The highest BCUT2D eigenvalue weighted by molar-refractivity contribution is 7.13. The molecule has 2 aromatic heterocycles. The highest BCUT2D eigenvalue weighted by Gasteiger charge is 2.08. The third-order valence-corrected chi connectivity index (χ3v) is 3.86. The van der Waals surface area contributed by atoms with E-state index in [2.05, 4.69) is 64.4 Å². The zero-order chi connectivity index (χ0) is 12.5. The van der Waals surface area contributed by atoms with Gasteiger partial charge in [-0.1, -0.05) is 23.8 Å². The maximum atomic E-state index is 4.63. The summed E-state index contributed by atoms with van der Waals surface area (Å²) in [5.74, 6) is 1.02. The Morgan fingerprint density at radius 2 is 1.83 bits per heavy atom. The molecule has 0 N–H and O–H groups in total. The first kappa shape index (κ1) is 11.2. The number of aryl methyl sites for hydroxylation is 2. The molecule has 0 amide bonds. The molecule has 0 atom stereocenters. The molecule has 0 bridgehead atoms. The molecule has 0 fully saturated rings. The van der Waals surface area contributed by atoms with Crippen LogP contribution in [-0.2, 0) is 0 Å². The summed E-state index contributed by atoms with van der Waals surface area (Å²) in [4.78, 5) is 5.84. The number of hydrogen-bond acceptors (Lipinski definition) is 2. The molecule has 3 aromatic rings. The summed E-state index contributed by atoms with van der Waals surface area (Å²) in [6.45, 7) is 4.14. The summed E-state index contributed by atoms with van der Waals surface area (Å²) in [5, 5.41) is 2.08. The quantitative estimate of drug-likeness (QED) is 0.669. The van der Waals surface area contributed by atoms with Gasteiger partial charge in [0.05, 0.1) is 10.6 Å². The standard InChI is InChI=1S/C15H14N2S/c1-11-5-7-13(8-6-11)17-10-14(16-12(17)2)15-4-3-9-18-15/h3-10H,1-2H3. The molecular formula is C15H14N2S. The number of aromatic nitrogens is 2. The lowest BCUT2D eigenvalue weighted by molar-refractivity contribution is 0.974. The Morgan fingerprint density at radius 1 is 1.06 bits per heavy atom. The first-order valence-corrected chi connectivity index (χ1v) is 6.79. The van der Waals surface area contributed by atoms with E-state index in [1.165, 1.54) is 10.4 Å². The Hall–Kier alpha value is -1.87. The fourth-order valence-corrected chi connectivity index (χ4v) is 2.66. The Kier molecular flexibility index (Phi) is 2.76. The number of thiophene rings is 1. The van der Waals surface area contributed by atoms with Crippen molar-refractivity contribution in [3.63, 3.8) is 0 Å². The van der Waals surface area contributed by atoms with E-state index in [1.54, 1.807) is 11.3 Å². The molecule has 2 nitrogen and oxygen atoms in total. The van der Waals surface area contributed by atoms with Gasteiger partial charge in [0.25, 0.3) is 0 Å². The van der Waals surface area contributed by atoms with Crippen LogP contribution in [0.25, 0.3) is 16.3 Å². The van der Waals surface area contributed by atoms with Gasteiger partial charge in [-0.15, -0.1) is 11.3 Å². The summed E-state index contributed by atoms with van der Waals surface area (Å²) in [6, 6.07) is 12.7. The Balaban J connectivity index is 2.06. The van der Waals surface area contributed by atoms with Crippen molar-refractivity contribution >= 4 is 11.3 Å². The number of rotatable bonds is 2. The largest absolute Gasteiger partial charge is 0.303 e. The molecule has 0 aliphatic heterocycles. The second kappa shape index (κ2) is 4.42. The first-order valence-electron chi connectivity index (χ1n) is 5.91. The molecule has 90 valence electrons. The van der Waals surface area contributed by atoms with Gasteiger partial charge in [-0.3, -0.25) is 0 Å². The molecule has 0 radical (unpaired) electrons. The lowest BCUT2D eigenvalue weighted by Gasteiger charge is -2.04. The fourth-order valence-electron chi connectivity index (χ4n) is 1.98.